The van der Waals surface area contributed by atoms with Crippen molar-refractivity contribution in [2.45, 2.75) is 57.4 Å². The zero-order chi connectivity index (χ0) is 15.0. The number of carboxylic acid groups (broad SMARTS) is 1. The second-order valence-electron chi connectivity index (χ2n) is 7.13. The first kappa shape index (κ1) is 15.3. The molecule has 4 unspecified atom stereocenters. The maximum Gasteiger partial charge on any atom is 0.308 e. The summed E-state index contributed by atoms with van der Waals surface area (Å²) in [6.45, 7) is 0. The van der Waals surface area contributed by atoms with Crippen LogP contribution in [0.4, 0.5) is 0 Å². The van der Waals surface area contributed by atoms with Crippen LogP contribution in [0.3, 0.4) is 0 Å². The van der Waals surface area contributed by atoms with Crippen LogP contribution in [0.5, 0.6) is 0 Å². The van der Waals surface area contributed by atoms with Crippen LogP contribution in [-0.2, 0) is 14.8 Å². The van der Waals surface area contributed by atoms with Crippen molar-refractivity contribution >= 4 is 16.0 Å². The maximum absolute atomic E-state index is 12.4. The molecular weight excluding hydrogens is 290 g/mol. The van der Waals surface area contributed by atoms with Crippen molar-refractivity contribution in [2.75, 3.05) is 5.75 Å². The molecule has 2 N–H and O–H groups in total. The molecule has 0 saturated heterocycles. The minimum Gasteiger partial charge on any atom is -0.481 e. The molecule has 3 fully saturated rings. The first-order valence-corrected chi connectivity index (χ1v) is 9.84. The molecule has 3 aliphatic carbocycles. The topological polar surface area (TPSA) is 83.5 Å². The summed E-state index contributed by atoms with van der Waals surface area (Å²) < 4.78 is 27.5. The molecule has 0 aliphatic heterocycles. The van der Waals surface area contributed by atoms with Gasteiger partial charge in [0, 0.05) is 6.04 Å². The number of hydrogen-bond donors (Lipinski definition) is 2. The fourth-order valence-electron chi connectivity index (χ4n) is 4.74. The summed E-state index contributed by atoms with van der Waals surface area (Å²) in [7, 11) is -3.37. The summed E-state index contributed by atoms with van der Waals surface area (Å²) >= 11 is 0. The summed E-state index contributed by atoms with van der Waals surface area (Å²) in [5.74, 6) is -0.560. The molecule has 0 heterocycles. The van der Waals surface area contributed by atoms with Gasteiger partial charge in [0.1, 0.15) is 0 Å². The van der Waals surface area contributed by atoms with Crippen molar-refractivity contribution in [3.63, 3.8) is 0 Å². The monoisotopic (exact) mass is 315 g/mol. The van der Waals surface area contributed by atoms with Crippen molar-refractivity contribution in [1.82, 2.24) is 4.72 Å². The molecule has 3 aliphatic rings. The molecule has 0 aromatic carbocycles. The van der Waals surface area contributed by atoms with E-state index in [1.807, 2.05) is 0 Å². The second kappa shape index (κ2) is 5.88. The average molecular weight is 315 g/mol. The van der Waals surface area contributed by atoms with Gasteiger partial charge >= 0.3 is 5.97 Å². The fourth-order valence-corrected chi connectivity index (χ4v) is 6.54. The lowest BCUT2D eigenvalue weighted by Crippen LogP contribution is -2.48. The Labute approximate surface area is 126 Å². The van der Waals surface area contributed by atoms with E-state index in [2.05, 4.69) is 4.72 Å². The summed E-state index contributed by atoms with van der Waals surface area (Å²) in [6.07, 6.45) is 8.18. The van der Waals surface area contributed by atoms with E-state index in [0.29, 0.717) is 0 Å². The lowest BCUT2D eigenvalue weighted by molar-refractivity contribution is -0.144. The summed E-state index contributed by atoms with van der Waals surface area (Å²) in [5, 5.41) is 9.39. The van der Waals surface area contributed by atoms with Crippen LogP contribution in [0.1, 0.15) is 51.4 Å². The lowest BCUT2D eigenvalue weighted by Gasteiger charge is -2.29. The SMILES string of the molecule is O=C(O)C1C2CCC(C2)C1NS(=O)(=O)CC1CCCCC1. The Hall–Kier alpha value is -0.620. The molecule has 6 heteroatoms. The molecule has 120 valence electrons. The highest BCUT2D eigenvalue weighted by molar-refractivity contribution is 7.89. The Morgan fingerprint density at radius 3 is 2.38 bits per heavy atom. The molecule has 0 radical (unpaired) electrons. The van der Waals surface area contributed by atoms with Gasteiger partial charge in [-0.2, -0.15) is 0 Å². The number of aliphatic carboxylic acids is 1. The Morgan fingerprint density at radius 2 is 1.71 bits per heavy atom. The van der Waals surface area contributed by atoms with Crippen molar-refractivity contribution in [3.05, 3.63) is 0 Å². The minimum absolute atomic E-state index is 0.162. The van der Waals surface area contributed by atoms with Gasteiger partial charge in [-0.25, -0.2) is 13.1 Å². The van der Waals surface area contributed by atoms with Crippen LogP contribution in [0.25, 0.3) is 0 Å². The first-order valence-electron chi connectivity index (χ1n) is 8.19. The van der Waals surface area contributed by atoms with E-state index in [4.69, 9.17) is 0 Å². The van der Waals surface area contributed by atoms with E-state index in [1.165, 1.54) is 6.42 Å². The van der Waals surface area contributed by atoms with Gasteiger partial charge in [0.25, 0.3) is 0 Å². The Morgan fingerprint density at radius 1 is 1.05 bits per heavy atom. The standard InChI is InChI=1S/C15H25NO4S/c17-15(18)13-11-6-7-12(8-11)14(13)16-21(19,20)9-10-4-2-1-3-5-10/h10-14,16H,1-9H2,(H,17,18). The van der Waals surface area contributed by atoms with Gasteiger partial charge in [-0.1, -0.05) is 19.3 Å². The average Bonchev–Trinajstić information content (AvgIpc) is 2.99. The van der Waals surface area contributed by atoms with E-state index in [1.54, 1.807) is 0 Å². The molecule has 0 aromatic heterocycles. The highest BCUT2D eigenvalue weighted by atomic mass is 32.2. The Bertz CT molecular complexity index is 498. The van der Waals surface area contributed by atoms with Gasteiger partial charge in [0.05, 0.1) is 11.7 Å². The third-order valence-electron chi connectivity index (χ3n) is 5.70. The van der Waals surface area contributed by atoms with Gasteiger partial charge in [-0.3, -0.25) is 4.79 Å². The van der Waals surface area contributed by atoms with Crippen molar-refractivity contribution < 1.29 is 18.3 Å². The molecule has 5 nitrogen and oxygen atoms in total. The molecular formula is C15H25NO4S. The van der Waals surface area contributed by atoms with Crippen molar-refractivity contribution in [1.29, 1.82) is 0 Å². The predicted octanol–water partition coefficient (Wildman–Crippen LogP) is 1.99. The maximum atomic E-state index is 12.4. The summed E-state index contributed by atoms with van der Waals surface area (Å²) in [6, 6.07) is -0.380. The fraction of sp³-hybridized carbons (Fsp3) is 0.933. The molecule has 4 atom stereocenters. The smallest absolute Gasteiger partial charge is 0.308 e. The predicted molar refractivity (Wildman–Crippen MR) is 79.2 cm³/mol. The zero-order valence-corrected chi connectivity index (χ0v) is 13.1. The molecule has 2 bridgehead atoms. The summed E-state index contributed by atoms with van der Waals surface area (Å²) in [4.78, 5) is 11.4. The number of rotatable bonds is 5. The first-order chi connectivity index (χ1) is 9.96. The normalized spacial score (nSPS) is 37.0. The Kier molecular flexibility index (Phi) is 4.28. The summed E-state index contributed by atoms with van der Waals surface area (Å²) in [5.41, 5.74) is 0. The van der Waals surface area contributed by atoms with E-state index < -0.39 is 21.9 Å². The van der Waals surface area contributed by atoms with Gasteiger partial charge in [0.15, 0.2) is 0 Å². The highest BCUT2D eigenvalue weighted by Crippen LogP contribution is 2.48. The number of fused-ring (bicyclic) bond motifs is 2. The van der Waals surface area contributed by atoms with Crippen LogP contribution >= 0.6 is 0 Å². The number of hydrogen-bond acceptors (Lipinski definition) is 3. The molecule has 0 spiro atoms. The van der Waals surface area contributed by atoms with Gasteiger partial charge in [0.2, 0.25) is 10.0 Å². The second-order valence-corrected chi connectivity index (χ2v) is 8.92. The van der Waals surface area contributed by atoms with Crippen LogP contribution in [0.2, 0.25) is 0 Å². The largest absolute Gasteiger partial charge is 0.481 e. The third-order valence-corrected chi connectivity index (χ3v) is 7.24. The molecule has 0 amide bonds. The molecule has 0 aromatic rings. The van der Waals surface area contributed by atoms with Crippen molar-refractivity contribution in [3.8, 4) is 0 Å². The van der Waals surface area contributed by atoms with Crippen LogP contribution in [0.15, 0.2) is 0 Å². The minimum atomic E-state index is -3.37. The number of carbonyl (C=O) groups is 1. The van der Waals surface area contributed by atoms with Crippen molar-refractivity contribution in [2.24, 2.45) is 23.7 Å². The van der Waals surface area contributed by atoms with Gasteiger partial charge < -0.3 is 5.11 Å². The molecule has 3 saturated carbocycles. The van der Waals surface area contributed by atoms with Crippen LogP contribution in [-0.4, -0.2) is 31.3 Å². The van der Waals surface area contributed by atoms with E-state index in [-0.39, 0.29) is 29.5 Å². The Balaban J connectivity index is 1.65. The van der Waals surface area contributed by atoms with Crippen LogP contribution < -0.4 is 4.72 Å². The zero-order valence-electron chi connectivity index (χ0n) is 12.3. The van der Waals surface area contributed by atoms with Gasteiger partial charge in [-0.15, -0.1) is 0 Å². The third kappa shape index (κ3) is 3.26. The molecule has 21 heavy (non-hydrogen) atoms. The molecule has 3 rings (SSSR count). The highest BCUT2D eigenvalue weighted by Gasteiger charge is 2.52. The number of carboxylic acids is 1. The number of nitrogens with one attached hydrogen (secondary N) is 1. The van der Waals surface area contributed by atoms with E-state index in [9.17, 15) is 18.3 Å². The quantitative estimate of drug-likeness (QED) is 0.812. The van der Waals surface area contributed by atoms with E-state index in [0.717, 1.165) is 44.9 Å². The lowest BCUT2D eigenvalue weighted by atomic mass is 9.85. The van der Waals surface area contributed by atoms with E-state index >= 15 is 0 Å². The van der Waals surface area contributed by atoms with Gasteiger partial charge in [-0.05, 0) is 49.9 Å². The number of sulfonamides is 1. The van der Waals surface area contributed by atoms with Crippen LogP contribution in [0, 0.1) is 23.7 Å².